The topological polar surface area (TPSA) is 26.0 Å². The molecule has 11 heavy (non-hydrogen) atoms. The number of rotatable bonds is 0. The molecule has 0 aromatic heterocycles. The second-order valence-corrected chi connectivity index (χ2v) is 4.76. The molecular formula is C7H8NS2Zn. The summed E-state index contributed by atoms with van der Waals surface area (Å²) in [7, 11) is 0. The van der Waals surface area contributed by atoms with E-state index in [1.54, 1.807) is 0 Å². The van der Waals surface area contributed by atoms with Gasteiger partial charge in [-0.15, -0.1) is 12.6 Å². The Hall–Kier alpha value is 0.0834. The first-order chi connectivity index (χ1) is 5.13. The van der Waals surface area contributed by atoms with Crippen molar-refractivity contribution in [3.8, 4) is 0 Å². The number of thiol groups is 1. The van der Waals surface area contributed by atoms with Crippen molar-refractivity contribution in [2.75, 3.05) is 0 Å². The van der Waals surface area contributed by atoms with Gasteiger partial charge in [0.05, 0.1) is 0 Å². The zero-order chi connectivity index (χ0) is 8.69. The third-order valence-corrected chi connectivity index (χ3v) is 1.83. The van der Waals surface area contributed by atoms with Crippen LogP contribution in [0, 0.1) is 0 Å². The molecule has 0 saturated carbocycles. The van der Waals surface area contributed by atoms with Crippen LogP contribution in [-0.2, 0) is 18.3 Å². The molecule has 2 N–H and O–H groups in total. The Morgan fingerprint density at radius 3 is 1.91 bits per heavy atom. The molecule has 55 valence electrons. The Balaban J connectivity index is 0.000000218. The first kappa shape index (κ1) is 11.1. The summed E-state index contributed by atoms with van der Waals surface area (Å²) in [5.41, 5.74) is 4.71. The summed E-state index contributed by atoms with van der Waals surface area (Å²) in [6.45, 7) is 0. The van der Waals surface area contributed by atoms with Gasteiger partial charge in [0.15, 0.2) is 0 Å². The molecule has 0 aliphatic carbocycles. The molecule has 0 bridgehead atoms. The van der Waals surface area contributed by atoms with Crippen molar-refractivity contribution in [3.63, 3.8) is 0 Å². The van der Waals surface area contributed by atoms with Crippen LogP contribution in [0.5, 0.6) is 0 Å². The van der Waals surface area contributed by atoms with E-state index < -0.39 is 0 Å². The van der Waals surface area contributed by atoms with Crippen LogP contribution >= 0.6 is 24.8 Å². The molecule has 0 amide bonds. The maximum absolute atomic E-state index is 4.71. The average molecular weight is 236 g/mol. The summed E-state index contributed by atoms with van der Waals surface area (Å²) in [5.74, 6) is 0. The third-order valence-electron chi connectivity index (χ3n) is 0.843. The van der Waals surface area contributed by atoms with E-state index in [-0.39, 0.29) is 4.32 Å². The monoisotopic (exact) mass is 234 g/mol. The van der Waals surface area contributed by atoms with Gasteiger partial charge < -0.3 is 5.73 Å². The van der Waals surface area contributed by atoms with E-state index in [0.717, 1.165) is 0 Å². The van der Waals surface area contributed by atoms with Crippen molar-refractivity contribution < 1.29 is 18.3 Å². The summed E-state index contributed by atoms with van der Waals surface area (Å²) < 4.78 is 1.64. The molecule has 4 heteroatoms. The van der Waals surface area contributed by atoms with Gasteiger partial charge in [-0.25, -0.2) is 0 Å². The average Bonchev–Trinajstić information content (AvgIpc) is 1.87. The molecule has 0 atom stereocenters. The van der Waals surface area contributed by atoms with Gasteiger partial charge in [0.1, 0.15) is 4.32 Å². The van der Waals surface area contributed by atoms with Crippen LogP contribution in [0.4, 0.5) is 0 Å². The Labute approximate surface area is 87.5 Å². The summed E-state index contributed by atoms with van der Waals surface area (Å²) in [4.78, 5) is 0. The standard InChI is InChI=1S/C6H5.CH3NS2.Zn/c1-2-4-6-5-3-1;2-1(3)4;/h1-5H;(H3,2,3,4);. The van der Waals surface area contributed by atoms with Crippen LogP contribution < -0.4 is 9.89 Å². The van der Waals surface area contributed by atoms with E-state index in [1.165, 1.54) is 22.5 Å². The summed E-state index contributed by atoms with van der Waals surface area (Å²) in [6, 6.07) is 10.5. The summed E-state index contributed by atoms with van der Waals surface area (Å²) in [6.07, 6.45) is 0. The molecule has 0 saturated heterocycles. The van der Waals surface area contributed by atoms with Crippen LogP contribution in [0.15, 0.2) is 30.3 Å². The Bertz CT molecular complexity index is 209. The van der Waals surface area contributed by atoms with Gasteiger partial charge in [0, 0.05) is 0 Å². The number of benzene rings is 1. The molecule has 0 aliphatic heterocycles. The molecule has 0 fully saturated rings. The first-order valence-electron chi connectivity index (χ1n) is 2.98. The van der Waals surface area contributed by atoms with Crippen LogP contribution in [0.1, 0.15) is 0 Å². The fourth-order valence-corrected chi connectivity index (χ4v) is 1.05. The van der Waals surface area contributed by atoms with Crippen LogP contribution in [0.2, 0.25) is 0 Å². The van der Waals surface area contributed by atoms with Crippen molar-refractivity contribution in [2.24, 2.45) is 5.73 Å². The van der Waals surface area contributed by atoms with E-state index in [9.17, 15) is 0 Å². The molecule has 0 heterocycles. The number of hydrogen-bond acceptors (Lipinski definition) is 1. The first-order valence-corrected chi connectivity index (χ1v) is 5.32. The number of hydrogen-bond donors (Lipinski definition) is 2. The summed E-state index contributed by atoms with van der Waals surface area (Å²) >= 11 is 8.92. The maximum atomic E-state index is 4.71. The zero-order valence-corrected chi connectivity index (χ0v) is 10.7. The molecule has 1 rings (SSSR count). The van der Waals surface area contributed by atoms with Gasteiger partial charge in [-0.1, -0.05) is 12.2 Å². The van der Waals surface area contributed by atoms with E-state index >= 15 is 0 Å². The van der Waals surface area contributed by atoms with E-state index in [1.807, 2.05) is 6.07 Å². The second kappa shape index (κ2) is 6.77. The molecule has 0 aliphatic rings. The Kier molecular flexibility index (Phi) is 6.82. The molecule has 0 unspecified atom stereocenters. The van der Waals surface area contributed by atoms with Gasteiger partial charge in [-0.3, -0.25) is 0 Å². The fraction of sp³-hybridized carbons (Fsp3) is 0. The molecule has 1 aromatic rings. The quantitative estimate of drug-likeness (QED) is 0.399. The summed E-state index contributed by atoms with van der Waals surface area (Å²) in [5, 5.41) is 0. The van der Waals surface area contributed by atoms with Gasteiger partial charge in [0.25, 0.3) is 0 Å². The minimum atomic E-state index is 0.194. The van der Waals surface area contributed by atoms with Crippen molar-refractivity contribution in [3.05, 3.63) is 30.3 Å². The SMILES string of the molecule is NC(=S)S.[Zn][c]1ccccc1. The van der Waals surface area contributed by atoms with Gasteiger partial charge >= 0.3 is 52.8 Å². The van der Waals surface area contributed by atoms with Crippen molar-refractivity contribution in [1.29, 1.82) is 0 Å². The van der Waals surface area contributed by atoms with Crippen LogP contribution in [-0.4, -0.2) is 4.32 Å². The van der Waals surface area contributed by atoms with E-state index in [2.05, 4.69) is 49.1 Å². The van der Waals surface area contributed by atoms with Gasteiger partial charge in [-0.05, 0) is 0 Å². The van der Waals surface area contributed by atoms with Gasteiger partial charge in [-0.2, -0.15) is 0 Å². The van der Waals surface area contributed by atoms with Crippen molar-refractivity contribution >= 4 is 33.3 Å². The van der Waals surface area contributed by atoms with Crippen LogP contribution in [0.3, 0.4) is 0 Å². The minimum absolute atomic E-state index is 0.194. The normalized spacial score (nSPS) is 7.91. The Morgan fingerprint density at radius 1 is 1.36 bits per heavy atom. The predicted octanol–water partition coefficient (Wildman–Crippen LogP) is 1.02. The fourth-order valence-electron chi connectivity index (χ4n) is 0.478. The van der Waals surface area contributed by atoms with Crippen molar-refractivity contribution in [1.82, 2.24) is 0 Å². The molecule has 1 nitrogen and oxygen atoms in total. The predicted molar refractivity (Wildman–Crippen MR) is 51.8 cm³/mol. The van der Waals surface area contributed by atoms with Crippen LogP contribution in [0.25, 0.3) is 0 Å². The molecular weight excluding hydrogens is 228 g/mol. The molecule has 0 radical (unpaired) electrons. The Morgan fingerprint density at radius 2 is 1.73 bits per heavy atom. The third kappa shape index (κ3) is 10.1. The van der Waals surface area contributed by atoms with Crippen molar-refractivity contribution in [2.45, 2.75) is 0 Å². The molecule has 1 aromatic carbocycles. The molecule has 0 spiro atoms. The number of thiocarbonyl (C=S) groups is 1. The van der Waals surface area contributed by atoms with E-state index in [4.69, 9.17) is 5.73 Å². The van der Waals surface area contributed by atoms with Gasteiger partial charge in [0.2, 0.25) is 0 Å². The number of nitrogens with two attached hydrogens (primary N) is 1. The zero-order valence-electron chi connectivity index (χ0n) is 6.03. The van der Waals surface area contributed by atoms with E-state index in [0.29, 0.717) is 0 Å². The second-order valence-electron chi connectivity index (χ2n) is 1.82.